The SMILES string of the molecule is Cn1cc(-c2cc3cnc(Nc4ccccn4)cc3n2Cc2ccccc2)cn1. The van der Waals surface area contributed by atoms with Gasteiger partial charge in [0.25, 0.3) is 0 Å². The Morgan fingerprint density at radius 3 is 2.52 bits per heavy atom. The predicted molar refractivity (Wildman–Crippen MR) is 115 cm³/mol. The van der Waals surface area contributed by atoms with E-state index in [1.165, 1.54) is 5.56 Å². The van der Waals surface area contributed by atoms with Crippen LogP contribution in [0.1, 0.15) is 5.56 Å². The fourth-order valence-electron chi connectivity index (χ4n) is 3.52. The van der Waals surface area contributed by atoms with E-state index < -0.39 is 0 Å². The molecule has 0 spiro atoms. The van der Waals surface area contributed by atoms with E-state index in [4.69, 9.17) is 0 Å². The van der Waals surface area contributed by atoms with E-state index in [1.54, 1.807) is 6.20 Å². The molecular weight excluding hydrogens is 360 g/mol. The van der Waals surface area contributed by atoms with Crippen molar-refractivity contribution >= 4 is 22.5 Å². The summed E-state index contributed by atoms with van der Waals surface area (Å²) in [5, 5.41) is 8.73. The van der Waals surface area contributed by atoms with E-state index in [1.807, 2.05) is 54.6 Å². The highest BCUT2D eigenvalue weighted by Gasteiger charge is 2.14. The Morgan fingerprint density at radius 2 is 1.76 bits per heavy atom. The van der Waals surface area contributed by atoms with E-state index in [0.29, 0.717) is 0 Å². The number of aryl methyl sites for hydroxylation is 1. The lowest BCUT2D eigenvalue weighted by Gasteiger charge is -2.11. The fourth-order valence-corrected chi connectivity index (χ4v) is 3.52. The minimum absolute atomic E-state index is 0.765. The summed E-state index contributed by atoms with van der Waals surface area (Å²) in [5.41, 5.74) is 4.56. The average Bonchev–Trinajstić information content (AvgIpc) is 3.33. The third-order valence-electron chi connectivity index (χ3n) is 4.89. The lowest BCUT2D eigenvalue weighted by Crippen LogP contribution is -2.02. The molecule has 0 saturated heterocycles. The van der Waals surface area contributed by atoms with Crippen LogP contribution in [0, 0.1) is 0 Å². The van der Waals surface area contributed by atoms with Crippen LogP contribution in [-0.2, 0) is 13.6 Å². The molecule has 0 aliphatic heterocycles. The molecule has 5 rings (SSSR count). The third kappa shape index (κ3) is 3.48. The molecule has 4 aromatic heterocycles. The summed E-state index contributed by atoms with van der Waals surface area (Å²) in [5.74, 6) is 1.54. The van der Waals surface area contributed by atoms with Gasteiger partial charge in [-0.3, -0.25) is 4.68 Å². The van der Waals surface area contributed by atoms with E-state index in [-0.39, 0.29) is 0 Å². The molecule has 1 N–H and O–H groups in total. The molecule has 6 heteroatoms. The number of rotatable bonds is 5. The van der Waals surface area contributed by atoms with Crippen molar-refractivity contribution < 1.29 is 0 Å². The average molecular weight is 380 g/mol. The molecule has 0 aliphatic rings. The summed E-state index contributed by atoms with van der Waals surface area (Å²) in [4.78, 5) is 8.91. The molecule has 0 bridgehead atoms. The summed E-state index contributed by atoms with van der Waals surface area (Å²) in [6.07, 6.45) is 7.60. The van der Waals surface area contributed by atoms with Crippen LogP contribution in [0.3, 0.4) is 0 Å². The van der Waals surface area contributed by atoms with E-state index in [9.17, 15) is 0 Å². The van der Waals surface area contributed by atoms with Gasteiger partial charge in [-0.15, -0.1) is 0 Å². The first-order valence-corrected chi connectivity index (χ1v) is 9.46. The van der Waals surface area contributed by atoms with Gasteiger partial charge in [0.2, 0.25) is 0 Å². The highest BCUT2D eigenvalue weighted by atomic mass is 15.2. The molecule has 142 valence electrons. The lowest BCUT2D eigenvalue weighted by atomic mass is 10.2. The summed E-state index contributed by atoms with van der Waals surface area (Å²) in [6, 6.07) is 20.5. The Hall–Kier alpha value is -3.93. The van der Waals surface area contributed by atoms with Crippen LogP contribution in [0.5, 0.6) is 0 Å². The molecule has 0 fully saturated rings. The summed E-state index contributed by atoms with van der Waals surface area (Å²) >= 11 is 0. The van der Waals surface area contributed by atoms with Crippen molar-refractivity contribution in [3.63, 3.8) is 0 Å². The first kappa shape index (κ1) is 17.2. The Labute approximate surface area is 168 Å². The van der Waals surface area contributed by atoms with Crippen LogP contribution in [0.4, 0.5) is 11.6 Å². The standard InChI is InChI=1S/C23H20N6/c1-28-16-19(14-26-28)20-11-18-13-25-23(27-22-9-5-6-10-24-22)12-21(18)29(20)15-17-7-3-2-4-8-17/h2-14,16H,15H2,1H3,(H,24,25,27). The van der Waals surface area contributed by atoms with Gasteiger partial charge in [-0.05, 0) is 23.8 Å². The van der Waals surface area contributed by atoms with Gasteiger partial charge >= 0.3 is 0 Å². The predicted octanol–water partition coefficient (Wildman–Crippen LogP) is 4.62. The van der Waals surface area contributed by atoms with Crippen molar-refractivity contribution in [3.8, 4) is 11.3 Å². The molecule has 0 unspecified atom stereocenters. The van der Waals surface area contributed by atoms with Gasteiger partial charge in [-0.25, -0.2) is 9.97 Å². The Bertz CT molecular complexity index is 1250. The van der Waals surface area contributed by atoms with Crippen molar-refractivity contribution in [2.24, 2.45) is 7.05 Å². The van der Waals surface area contributed by atoms with E-state index >= 15 is 0 Å². The summed E-state index contributed by atoms with van der Waals surface area (Å²) in [7, 11) is 1.93. The number of hydrogen-bond donors (Lipinski definition) is 1. The monoisotopic (exact) mass is 380 g/mol. The van der Waals surface area contributed by atoms with Gasteiger partial charge in [0.15, 0.2) is 0 Å². The van der Waals surface area contributed by atoms with E-state index in [0.717, 1.165) is 40.3 Å². The maximum atomic E-state index is 4.58. The Kier molecular flexibility index (Phi) is 4.29. The molecule has 4 heterocycles. The number of anilines is 2. The van der Waals surface area contributed by atoms with Crippen molar-refractivity contribution in [2.45, 2.75) is 6.54 Å². The molecule has 29 heavy (non-hydrogen) atoms. The number of hydrogen-bond acceptors (Lipinski definition) is 4. The first-order chi connectivity index (χ1) is 14.3. The molecule has 1 aromatic carbocycles. The van der Waals surface area contributed by atoms with Gasteiger partial charge < -0.3 is 9.88 Å². The van der Waals surface area contributed by atoms with Gasteiger partial charge in [0.05, 0.1) is 17.4 Å². The lowest BCUT2D eigenvalue weighted by molar-refractivity contribution is 0.767. The zero-order valence-electron chi connectivity index (χ0n) is 16.0. The molecule has 0 saturated carbocycles. The number of pyridine rings is 2. The normalized spacial score (nSPS) is 11.1. The highest BCUT2D eigenvalue weighted by molar-refractivity contribution is 5.88. The van der Waals surface area contributed by atoms with Gasteiger partial charge in [-0.1, -0.05) is 36.4 Å². The van der Waals surface area contributed by atoms with Gasteiger partial charge in [-0.2, -0.15) is 5.10 Å². The third-order valence-corrected chi connectivity index (χ3v) is 4.89. The highest BCUT2D eigenvalue weighted by Crippen LogP contribution is 2.30. The fraction of sp³-hybridized carbons (Fsp3) is 0.0870. The molecule has 0 atom stereocenters. The zero-order chi connectivity index (χ0) is 19.6. The van der Waals surface area contributed by atoms with Crippen LogP contribution in [-0.4, -0.2) is 24.3 Å². The van der Waals surface area contributed by atoms with Crippen LogP contribution in [0.15, 0.2) is 85.5 Å². The minimum Gasteiger partial charge on any atom is -0.336 e. The molecule has 6 nitrogen and oxygen atoms in total. The smallest absolute Gasteiger partial charge is 0.133 e. The van der Waals surface area contributed by atoms with Crippen LogP contribution >= 0.6 is 0 Å². The minimum atomic E-state index is 0.765. The molecule has 5 aromatic rings. The number of nitrogens with one attached hydrogen (secondary N) is 1. The van der Waals surface area contributed by atoms with Gasteiger partial charge in [0.1, 0.15) is 11.6 Å². The molecular formula is C23H20N6. The Balaban J connectivity index is 1.62. The van der Waals surface area contributed by atoms with Crippen molar-refractivity contribution in [2.75, 3.05) is 5.32 Å². The van der Waals surface area contributed by atoms with Crippen molar-refractivity contribution in [1.82, 2.24) is 24.3 Å². The zero-order valence-corrected chi connectivity index (χ0v) is 16.0. The largest absolute Gasteiger partial charge is 0.336 e. The number of benzene rings is 1. The van der Waals surface area contributed by atoms with Crippen LogP contribution < -0.4 is 5.32 Å². The molecule has 0 aliphatic carbocycles. The quantitative estimate of drug-likeness (QED) is 0.483. The number of aromatic nitrogens is 5. The first-order valence-electron chi connectivity index (χ1n) is 9.46. The maximum Gasteiger partial charge on any atom is 0.133 e. The summed E-state index contributed by atoms with van der Waals surface area (Å²) < 4.78 is 4.14. The van der Waals surface area contributed by atoms with Gasteiger partial charge in [0, 0.05) is 49.2 Å². The molecule has 0 radical (unpaired) electrons. The molecule has 0 amide bonds. The van der Waals surface area contributed by atoms with Crippen molar-refractivity contribution in [3.05, 3.63) is 91.0 Å². The summed E-state index contributed by atoms with van der Waals surface area (Å²) in [6.45, 7) is 0.765. The van der Waals surface area contributed by atoms with E-state index in [2.05, 4.69) is 61.3 Å². The second-order valence-electron chi connectivity index (χ2n) is 6.97. The number of fused-ring (bicyclic) bond motifs is 1. The second-order valence-corrected chi connectivity index (χ2v) is 6.97. The maximum absolute atomic E-state index is 4.58. The van der Waals surface area contributed by atoms with Crippen LogP contribution in [0.2, 0.25) is 0 Å². The topological polar surface area (TPSA) is 60.6 Å². The number of nitrogens with zero attached hydrogens (tertiary/aromatic N) is 5. The van der Waals surface area contributed by atoms with Crippen LogP contribution in [0.25, 0.3) is 22.2 Å². The Morgan fingerprint density at radius 1 is 0.897 bits per heavy atom. The second kappa shape index (κ2) is 7.24. The van der Waals surface area contributed by atoms with Crippen molar-refractivity contribution in [1.29, 1.82) is 0 Å².